The molecule has 15 nitrogen and oxygen atoms in total. The number of nitriles is 1. The third kappa shape index (κ3) is 10.0. The molecule has 1 saturated heterocycles. The molecule has 4 N–H and O–H groups in total. The Labute approximate surface area is 361 Å². The number of amides is 4. The van der Waals surface area contributed by atoms with Gasteiger partial charge in [0, 0.05) is 34.8 Å². The van der Waals surface area contributed by atoms with E-state index in [1.54, 1.807) is 48.5 Å². The van der Waals surface area contributed by atoms with Gasteiger partial charge in [-0.15, -0.1) is 0 Å². The van der Waals surface area contributed by atoms with Gasteiger partial charge in [0.05, 0.1) is 56.5 Å². The second-order valence-electron chi connectivity index (χ2n) is 14.4. The van der Waals surface area contributed by atoms with Crippen LogP contribution >= 0.6 is 11.6 Å². The van der Waals surface area contributed by atoms with Crippen LogP contribution in [0.1, 0.15) is 50.2 Å². The smallest absolute Gasteiger partial charge is 0.266 e. The number of halogens is 1. The van der Waals surface area contributed by atoms with Crippen LogP contribution in [0.4, 0.5) is 5.69 Å². The summed E-state index contributed by atoms with van der Waals surface area (Å²) in [5.74, 6) is -1.80. The molecule has 4 amide bonds. The fourth-order valence-electron chi connectivity index (χ4n) is 7.19. The Morgan fingerprint density at radius 2 is 1.55 bits per heavy atom. The van der Waals surface area contributed by atoms with Crippen molar-refractivity contribution in [3.63, 3.8) is 0 Å². The highest BCUT2D eigenvalue weighted by Gasteiger charge is 2.45. The Balaban J connectivity index is 0.828. The first-order chi connectivity index (χ1) is 30.1. The molecule has 62 heavy (non-hydrogen) atoms. The minimum atomic E-state index is -1.04. The first-order valence-electron chi connectivity index (χ1n) is 19.9. The number of aromatic amines is 1. The largest absolute Gasteiger partial charge is 0.507 e. The number of benzene rings is 4. The number of phenolic OH excluding ortho intramolecular Hbond substituents is 1. The van der Waals surface area contributed by atoms with Crippen molar-refractivity contribution in [2.45, 2.75) is 31.9 Å². The zero-order valence-corrected chi connectivity index (χ0v) is 34.2. The third-order valence-electron chi connectivity index (χ3n) is 10.3. The molecule has 5 aromatic rings. The van der Waals surface area contributed by atoms with Gasteiger partial charge in [-0.1, -0.05) is 60.1 Å². The fraction of sp³-hybridized carbons (Fsp3) is 0.261. The number of nitrogens with one attached hydrogen (secondary N) is 3. The minimum absolute atomic E-state index is 0.0438. The molecule has 0 saturated carbocycles. The number of rotatable bonds is 19. The Kier molecular flexibility index (Phi) is 14.1. The van der Waals surface area contributed by atoms with E-state index in [4.69, 9.17) is 30.5 Å². The van der Waals surface area contributed by atoms with Crippen LogP contribution < -0.4 is 20.9 Å². The number of fused-ring (bicyclic) bond motifs is 1. The summed E-state index contributed by atoms with van der Waals surface area (Å²) in [7, 11) is 0. The fourth-order valence-corrected chi connectivity index (χ4v) is 7.45. The standard InChI is InChI=1S/C46H42ClN5O10/c47-36-24-34(38-25-33(35(26-48)43(55)50-38)29-8-4-9-31(22-29)62-27-28-6-2-1-3-7-28)40(53)23-30(36)14-16-59-18-20-61-21-19-60-17-15-49-37-11-5-10-32-42(37)46(58)52(45(32)57)39-12-13-41(54)51-44(39)56/h1-11,22-25,39,49,53H,12-21,27H2,(H,50,55)(H,51,54,56). The molecule has 1 atom stereocenters. The molecular formula is C46H42ClN5O10. The maximum absolute atomic E-state index is 13.2. The predicted molar refractivity (Wildman–Crippen MR) is 228 cm³/mol. The average Bonchev–Trinajstić information content (AvgIpc) is 3.53. The predicted octanol–water partition coefficient (Wildman–Crippen LogP) is 5.62. The van der Waals surface area contributed by atoms with Gasteiger partial charge in [-0.3, -0.25) is 34.2 Å². The van der Waals surface area contributed by atoms with E-state index in [1.165, 1.54) is 12.1 Å². The SMILES string of the molecule is N#Cc1c(-c2cccc(OCc3ccccc3)c2)cc(-c2cc(Cl)c(CCOCCOCCOCCNc3cccc4c3C(=O)N(C3CCC(=O)NC3=O)C4=O)cc2O)[nH]c1=O. The Hall–Kier alpha value is -6.83. The monoisotopic (exact) mass is 859 g/mol. The van der Waals surface area contributed by atoms with Crippen molar-refractivity contribution < 1.29 is 43.2 Å². The lowest BCUT2D eigenvalue weighted by atomic mass is 9.98. The summed E-state index contributed by atoms with van der Waals surface area (Å²) < 4.78 is 22.9. The number of pyridine rings is 1. The molecule has 4 aromatic carbocycles. The number of imide groups is 2. The molecule has 318 valence electrons. The van der Waals surface area contributed by atoms with Crippen molar-refractivity contribution in [1.29, 1.82) is 5.26 Å². The summed E-state index contributed by atoms with van der Waals surface area (Å²) in [6.07, 6.45) is 0.519. The number of aromatic nitrogens is 1. The van der Waals surface area contributed by atoms with Crippen LogP contribution in [0.25, 0.3) is 22.4 Å². The topological polar surface area (TPSA) is 209 Å². The Bertz CT molecular complexity index is 2590. The van der Waals surface area contributed by atoms with E-state index in [-0.39, 0.29) is 47.6 Å². The van der Waals surface area contributed by atoms with E-state index in [2.05, 4.69) is 15.6 Å². The highest BCUT2D eigenvalue weighted by molar-refractivity contribution is 6.31. The summed E-state index contributed by atoms with van der Waals surface area (Å²) in [5.41, 5.74) is 3.31. The van der Waals surface area contributed by atoms with E-state index < -0.39 is 35.2 Å². The number of phenols is 1. The van der Waals surface area contributed by atoms with Crippen molar-refractivity contribution >= 4 is 40.9 Å². The zero-order chi connectivity index (χ0) is 43.6. The van der Waals surface area contributed by atoms with E-state index in [0.717, 1.165) is 10.5 Å². The normalized spacial score (nSPS) is 14.7. The number of aromatic hydroxyl groups is 1. The summed E-state index contributed by atoms with van der Waals surface area (Å²) in [4.78, 5) is 66.9. The summed E-state index contributed by atoms with van der Waals surface area (Å²) in [6.45, 7) is 2.50. The highest BCUT2D eigenvalue weighted by Crippen LogP contribution is 2.36. The van der Waals surface area contributed by atoms with Gasteiger partial charge in [0.15, 0.2) is 0 Å². The lowest BCUT2D eigenvalue weighted by molar-refractivity contribution is -0.136. The van der Waals surface area contributed by atoms with Gasteiger partial charge in [0.1, 0.15) is 35.8 Å². The van der Waals surface area contributed by atoms with Gasteiger partial charge in [-0.05, 0) is 72.0 Å². The van der Waals surface area contributed by atoms with Crippen molar-refractivity contribution in [2.24, 2.45) is 0 Å². The molecule has 2 aliphatic heterocycles. The van der Waals surface area contributed by atoms with Crippen LogP contribution in [-0.4, -0.2) is 90.8 Å². The third-order valence-corrected chi connectivity index (χ3v) is 10.6. The van der Waals surface area contributed by atoms with Crippen LogP contribution in [0.15, 0.2) is 95.8 Å². The second kappa shape index (κ2) is 20.2. The van der Waals surface area contributed by atoms with Crippen LogP contribution in [-0.2, 0) is 36.8 Å². The number of carbonyl (C=O) groups excluding carboxylic acids is 4. The average molecular weight is 860 g/mol. The van der Waals surface area contributed by atoms with Gasteiger partial charge in [-0.2, -0.15) is 5.26 Å². The van der Waals surface area contributed by atoms with Crippen molar-refractivity contribution in [2.75, 3.05) is 51.5 Å². The lowest BCUT2D eigenvalue weighted by Crippen LogP contribution is -2.54. The molecule has 1 unspecified atom stereocenters. The second-order valence-corrected chi connectivity index (χ2v) is 14.8. The van der Waals surface area contributed by atoms with Crippen molar-refractivity contribution in [3.05, 3.63) is 134 Å². The van der Waals surface area contributed by atoms with Gasteiger partial charge in [0.2, 0.25) is 11.8 Å². The highest BCUT2D eigenvalue weighted by atomic mass is 35.5. The first-order valence-corrected chi connectivity index (χ1v) is 20.3. The number of anilines is 1. The molecule has 0 radical (unpaired) electrons. The van der Waals surface area contributed by atoms with Crippen LogP contribution in [0.5, 0.6) is 11.5 Å². The van der Waals surface area contributed by atoms with Gasteiger partial charge >= 0.3 is 0 Å². The lowest BCUT2D eigenvalue weighted by Gasteiger charge is -2.27. The van der Waals surface area contributed by atoms with Gasteiger partial charge in [0.25, 0.3) is 17.4 Å². The number of carbonyl (C=O) groups is 4. The number of ether oxygens (including phenoxy) is 4. The quantitative estimate of drug-likeness (QED) is 0.0589. The molecule has 0 bridgehead atoms. The molecule has 1 fully saturated rings. The molecular weight excluding hydrogens is 818 g/mol. The number of hydrogen-bond donors (Lipinski definition) is 4. The maximum Gasteiger partial charge on any atom is 0.266 e. The minimum Gasteiger partial charge on any atom is -0.507 e. The van der Waals surface area contributed by atoms with E-state index in [0.29, 0.717) is 91.3 Å². The van der Waals surface area contributed by atoms with Crippen LogP contribution in [0.2, 0.25) is 5.02 Å². The summed E-state index contributed by atoms with van der Waals surface area (Å²) >= 11 is 6.64. The number of piperidine rings is 1. The van der Waals surface area contributed by atoms with E-state index in [9.17, 15) is 34.3 Å². The summed E-state index contributed by atoms with van der Waals surface area (Å²) in [5, 5.41) is 26.6. The van der Waals surface area contributed by atoms with Crippen LogP contribution in [0.3, 0.4) is 0 Å². The number of hydrogen-bond acceptors (Lipinski definition) is 12. The molecule has 1 aromatic heterocycles. The number of nitrogens with zero attached hydrogens (tertiary/aromatic N) is 2. The Morgan fingerprint density at radius 1 is 0.806 bits per heavy atom. The summed E-state index contributed by atoms with van der Waals surface area (Å²) in [6, 6.07) is 27.3. The zero-order valence-electron chi connectivity index (χ0n) is 33.4. The molecule has 16 heteroatoms. The Morgan fingerprint density at radius 3 is 2.31 bits per heavy atom. The molecule has 3 heterocycles. The van der Waals surface area contributed by atoms with E-state index >= 15 is 0 Å². The van der Waals surface area contributed by atoms with Crippen molar-refractivity contribution in [3.8, 4) is 40.0 Å². The first kappa shape index (κ1) is 43.3. The van der Waals surface area contributed by atoms with Crippen molar-refractivity contribution in [1.82, 2.24) is 15.2 Å². The number of H-pyrrole nitrogens is 1. The molecule has 0 aliphatic carbocycles. The molecule has 0 spiro atoms. The van der Waals surface area contributed by atoms with Crippen LogP contribution in [0, 0.1) is 11.3 Å². The molecule has 2 aliphatic rings. The van der Waals surface area contributed by atoms with Gasteiger partial charge in [-0.25, -0.2) is 0 Å². The van der Waals surface area contributed by atoms with Gasteiger partial charge < -0.3 is 34.4 Å². The van der Waals surface area contributed by atoms with E-state index in [1.807, 2.05) is 36.4 Å². The maximum atomic E-state index is 13.2. The molecule has 7 rings (SSSR count).